The van der Waals surface area contributed by atoms with Crippen LogP contribution in [0.5, 0.6) is 0 Å². The highest BCUT2D eigenvalue weighted by Gasteiger charge is 2.36. The molecular weight excluding hydrogens is 324 g/mol. The first-order chi connectivity index (χ1) is 9.05. The highest BCUT2D eigenvalue weighted by molar-refractivity contribution is 9.09. The van der Waals surface area contributed by atoms with Gasteiger partial charge in [-0.05, 0) is 37.0 Å². The van der Waals surface area contributed by atoms with Crippen LogP contribution in [0.4, 0.5) is 0 Å². The fourth-order valence-corrected chi connectivity index (χ4v) is 7.37. The number of sulfone groups is 1. The van der Waals surface area contributed by atoms with Gasteiger partial charge in [0.25, 0.3) is 0 Å². The van der Waals surface area contributed by atoms with Gasteiger partial charge in [0.2, 0.25) is 0 Å². The molecule has 19 heavy (non-hydrogen) atoms. The van der Waals surface area contributed by atoms with Crippen molar-refractivity contribution in [2.75, 3.05) is 16.8 Å². The smallest absolute Gasteiger partial charge is 0.151 e. The number of halogens is 1. The Morgan fingerprint density at radius 2 is 1.53 bits per heavy atom. The lowest BCUT2D eigenvalue weighted by molar-refractivity contribution is 0.326. The lowest BCUT2D eigenvalue weighted by Gasteiger charge is -2.31. The molecule has 0 unspecified atom stereocenters. The van der Waals surface area contributed by atoms with Crippen molar-refractivity contribution in [1.29, 1.82) is 0 Å². The molecule has 0 aliphatic heterocycles. The Morgan fingerprint density at radius 1 is 0.947 bits per heavy atom. The van der Waals surface area contributed by atoms with Crippen LogP contribution in [-0.4, -0.2) is 25.3 Å². The van der Waals surface area contributed by atoms with Gasteiger partial charge < -0.3 is 0 Å². The van der Waals surface area contributed by atoms with E-state index in [-0.39, 0.29) is 5.41 Å². The van der Waals surface area contributed by atoms with Crippen LogP contribution in [0, 0.1) is 11.3 Å². The summed E-state index contributed by atoms with van der Waals surface area (Å²) in [6, 6.07) is 0. The predicted octanol–water partition coefficient (Wildman–Crippen LogP) is 4.33. The minimum absolute atomic E-state index is 0.0218. The monoisotopic (exact) mass is 350 g/mol. The molecule has 2 aliphatic carbocycles. The topological polar surface area (TPSA) is 34.1 Å². The van der Waals surface area contributed by atoms with Crippen LogP contribution in [-0.2, 0) is 9.84 Å². The van der Waals surface area contributed by atoms with Gasteiger partial charge in [-0.1, -0.05) is 54.5 Å². The van der Waals surface area contributed by atoms with E-state index in [1.807, 2.05) is 0 Å². The number of hydrogen-bond acceptors (Lipinski definition) is 2. The summed E-state index contributed by atoms with van der Waals surface area (Å²) in [5.41, 5.74) is 0.0218. The molecule has 4 heteroatoms. The molecule has 0 aromatic heterocycles. The molecule has 0 radical (unpaired) electrons. The van der Waals surface area contributed by atoms with Crippen LogP contribution in [0.2, 0.25) is 0 Å². The van der Waals surface area contributed by atoms with Crippen molar-refractivity contribution < 1.29 is 8.42 Å². The van der Waals surface area contributed by atoms with Crippen LogP contribution in [0.1, 0.15) is 64.2 Å². The summed E-state index contributed by atoms with van der Waals surface area (Å²) in [6.07, 6.45) is 11.8. The van der Waals surface area contributed by atoms with E-state index in [1.165, 1.54) is 38.5 Å². The zero-order valence-electron chi connectivity index (χ0n) is 11.9. The third-order valence-electron chi connectivity index (χ3n) is 4.94. The standard InChI is InChI=1S/C15H27BrO2S/c16-12-15(9-5-1-2-6-10-15)13-19(17,18)11-14-7-3-4-8-14/h14H,1-13H2. The third-order valence-corrected chi connectivity index (χ3v) is 8.16. The van der Waals surface area contributed by atoms with E-state index in [2.05, 4.69) is 15.9 Å². The summed E-state index contributed by atoms with van der Waals surface area (Å²) in [5.74, 6) is 1.31. The summed E-state index contributed by atoms with van der Waals surface area (Å²) in [5, 5.41) is 0.851. The van der Waals surface area contributed by atoms with Crippen molar-refractivity contribution in [3.05, 3.63) is 0 Å². The highest BCUT2D eigenvalue weighted by Crippen LogP contribution is 2.39. The Hall–Kier alpha value is 0.430. The fourth-order valence-electron chi connectivity index (χ4n) is 3.86. The van der Waals surface area contributed by atoms with Crippen molar-refractivity contribution in [2.24, 2.45) is 11.3 Å². The van der Waals surface area contributed by atoms with Gasteiger partial charge in [0, 0.05) is 5.33 Å². The molecule has 2 nitrogen and oxygen atoms in total. The molecule has 112 valence electrons. The van der Waals surface area contributed by atoms with E-state index in [0.29, 0.717) is 17.4 Å². The number of rotatable bonds is 5. The van der Waals surface area contributed by atoms with Crippen LogP contribution < -0.4 is 0 Å². The highest BCUT2D eigenvalue weighted by atomic mass is 79.9. The van der Waals surface area contributed by atoms with Gasteiger partial charge in [-0.15, -0.1) is 0 Å². The molecule has 2 aliphatic rings. The molecule has 0 aromatic carbocycles. The molecule has 2 fully saturated rings. The zero-order chi connectivity index (χ0) is 13.8. The van der Waals surface area contributed by atoms with Gasteiger partial charge in [-0.25, -0.2) is 8.42 Å². The summed E-state index contributed by atoms with van der Waals surface area (Å²) in [4.78, 5) is 0. The van der Waals surface area contributed by atoms with Crippen molar-refractivity contribution in [3.8, 4) is 0 Å². The van der Waals surface area contributed by atoms with Gasteiger partial charge in [0.05, 0.1) is 11.5 Å². The second kappa shape index (κ2) is 6.93. The maximum absolute atomic E-state index is 12.5. The second-order valence-corrected chi connectivity index (χ2v) is 9.42. The predicted molar refractivity (Wildman–Crippen MR) is 84.5 cm³/mol. The molecule has 0 N–H and O–H groups in total. The first-order valence-corrected chi connectivity index (χ1v) is 10.8. The molecular formula is C15H27BrO2S. The van der Waals surface area contributed by atoms with Crippen LogP contribution in [0.15, 0.2) is 0 Å². The van der Waals surface area contributed by atoms with E-state index in [1.54, 1.807) is 0 Å². The molecule has 0 bridgehead atoms. The third kappa shape index (κ3) is 4.73. The quantitative estimate of drug-likeness (QED) is 0.546. The molecule has 0 atom stereocenters. The first kappa shape index (κ1) is 15.8. The molecule has 2 rings (SSSR count). The maximum Gasteiger partial charge on any atom is 0.151 e. The van der Waals surface area contributed by atoms with E-state index in [9.17, 15) is 8.42 Å². The molecule has 0 spiro atoms. The van der Waals surface area contributed by atoms with Gasteiger partial charge in [-0.2, -0.15) is 0 Å². The van der Waals surface area contributed by atoms with E-state index >= 15 is 0 Å². The molecule has 2 saturated carbocycles. The number of hydrogen-bond donors (Lipinski definition) is 0. The summed E-state index contributed by atoms with van der Waals surface area (Å²) >= 11 is 3.60. The molecule has 0 saturated heterocycles. The van der Waals surface area contributed by atoms with Crippen molar-refractivity contribution in [2.45, 2.75) is 64.2 Å². The Bertz CT molecular complexity index is 364. The fraction of sp³-hybridized carbons (Fsp3) is 1.00. The summed E-state index contributed by atoms with van der Waals surface area (Å²) in [6.45, 7) is 0. The van der Waals surface area contributed by atoms with Crippen LogP contribution >= 0.6 is 15.9 Å². The average molecular weight is 351 g/mol. The second-order valence-electron chi connectivity index (χ2n) is 6.75. The van der Waals surface area contributed by atoms with Crippen molar-refractivity contribution in [3.63, 3.8) is 0 Å². The minimum atomic E-state index is -2.88. The van der Waals surface area contributed by atoms with Crippen molar-refractivity contribution in [1.82, 2.24) is 0 Å². The SMILES string of the molecule is O=S(=O)(CC1CCCC1)CC1(CBr)CCCCCC1. The zero-order valence-corrected chi connectivity index (χ0v) is 14.3. The Balaban J connectivity index is 1.98. The van der Waals surface area contributed by atoms with Gasteiger partial charge in [0.15, 0.2) is 9.84 Å². The van der Waals surface area contributed by atoms with E-state index in [4.69, 9.17) is 0 Å². The van der Waals surface area contributed by atoms with E-state index in [0.717, 1.165) is 31.0 Å². The lowest BCUT2D eigenvalue weighted by Crippen LogP contribution is -2.33. The normalized spacial score (nSPS) is 25.3. The van der Waals surface area contributed by atoms with E-state index < -0.39 is 9.84 Å². The average Bonchev–Trinajstić information content (AvgIpc) is 2.73. The summed E-state index contributed by atoms with van der Waals surface area (Å²) in [7, 11) is -2.88. The Labute approximate surface area is 126 Å². The van der Waals surface area contributed by atoms with Gasteiger partial charge in [-0.3, -0.25) is 0 Å². The first-order valence-electron chi connectivity index (χ1n) is 7.82. The van der Waals surface area contributed by atoms with Gasteiger partial charge >= 0.3 is 0 Å². The minimum Gasteiger partial charge on any atom is -0.229 e. The largest absolute Gasteiger partial charge is 0.229 e. The molecule has 0 aromatic rings. The van der Waals surface area contributed by atoms with Gasteiger partial charge in [0.1, 0.15) is 0 Å². The Morgan fingerprint density at radius 3 is 2.05 bits per heavy atom. The molecule has 0 heterocycles. The summed E-state index contributed by atoms with van der Waals surface area (Å²) < 4.78 is 25.0. The van der Waals surface area contributed by atoms with Crippen LogP contribution in [0.25, 0.3) is 0 Å². The maximum atomic E-state index is 12.5. The molecule has 0 amide bonds. The van der Waals surface area contributed by atoms with Crippen molar-refractivity contribution >= 4 is 25.8 Å². The Kier molecular flexibility index (Phi) is 5.77. The number of alkyl halides is 1. The lowest BCUT2D eigenvalue weighted by atomic mass is 9.85. The van der Waals surface area contributed by atoms with Crippen LogP contribution in [0.3, 0.4) is 0 Å².